The molecule has 2 aliphatic rings. The number of hydrogen-bond donors (Lipinski definition) is 1. The van der Waals surface area contributed by atoms with Crippen LogP contribution in [0.3, 0.4) is 0 Å². The van der Waals surface area contributed by atoms with E-state index < -0.39 is 0 Å². The van der Waals surface area contributed by atoms with Crippen LogP contribution in [-0.2, 0) is 17.8 Å². The Hall–Kier alpha value is -3.52. The van der Waals surface area contributed by atoms with E-state index in [0.29, 0.717) is 32.0 Å². The molecule has 8 heteroatoms. The second-order valence-corrected chi connectivity index (χ2v) is 8.31. The molecule has 0 aliphatic carbocycles. The third kappa shape index (κ3) is 4.01. The molecule has 0 atom stereocenters. The molecule has 0 bridgehead atoms. The van der Waals surface area contributed by atoms with Crippen molar-refractivity contribution < 1.29 is 9.53 Å². The normalized spacial score (nSPS) is 16.1. The van der Waals surface area contributed by atoms with Gasteiger partial charge in [0.1, 0.15) is 0 Å². The summed E-state index contributed by atoms with van der Waals surface area (Å²) in [5.41, 5.74) is 5.36. The van der Waals surface area contributed by atoms with Crippen LogP contribution < -0.4 is 10.9 Å². The molecule has 0 spiro atoms. The minimum Gasteiger partial charge on any atom is -0.381 e. The van der Waals surface area contributed by atoms with E-state index in [0.717, 1.165) is 40.8 Å². The number of aryl methyl sites for hydroxylation is 1. The molecule has 4 heterocycles. The van der Waals surface area contributed by atoms with Crippen molar-refractivity contribution in [3.63, 3.8) is 0 Å². The Morgan fingerprint density at radius 2 is 1.84 bits per heavy atom. The molecule has 32 heavy (non-hydrogen) atoms. The number of fused-ring (bicyclic) bond motifs is 1. The standard InChI is InChI=1S/C24H25N5O3/c1-16-12-22(30)29(21-7-10-32-11-8-21)27-23(16)17-2-4-20(5-3-17)26-24(31)28-14-18-6-9-25-13-19(18)15-28/h2-6,9,12-13,21H,7-8,10-11,14-15H2,1H3,(H,26,31). The van der Waals surface area contributed by atoms with E-state index in [2.05, 4.69) is 15.4 Å². The highest BCUT2D eigenvalue weighted by Gasteiger charge is 2.23. The zero-order chi connectivity index (χ0) is 22.1. The molecule has 2 aliphatic heterocycles. The molecule has 164 valence electrons. The van der Waals surface area contributed by atoms with Crippen molar-refractivity contribution in [1.82, 2.24) is 19.7 Å². The predicted molar refractivity (Wildman–Crippen MR) is 120 cm³/mol. The first-order chi connectivity index (χ1) is 15.6. The average Bonchev–Trinajstić information content (AvgIpc) is 3.25. The highest BCUT2D eigenvalue weighted by Crippen LogP contribution is 2.26. The molecule has 1 N–H and O–H groups in total. The van der Waals surface area contributed by atoms with Gasteiger partial charge < -0.3 is 15.0 Å². The number of aromatic nitrogens is 3. The van der Waals surface area contributed by atoms with Gasteiger partial charge in [-0.25, -0.2) is 9.48 Å². The summed E-state index contributed by atoms with van der Waals surface area (Å²) in [6, 6.07) is 11.1. The molecule has 3 aromatic rings. The number of ether oxygens (including phenoxy) is 1. The monoisotopic (exact) mass is 431 g/mol. The Balaban J connectivity index is 1.32. The first-order valence-electron chi connectivity index (χ1n) is 10.8. The molecule has 5 rings (SSSR count). The van der Waals surface area contributed by atoms with E-state index in [4.69, 9.17) is 4.74 Å². The van der Waals surface area contributed by atoms with E-state index in [9.17, 15) is 9.59 Å². The molecule has 8 nitrogen and oxygen atoms in total. The maximum absolute atomic E-state index is 12.7. The van der Waals surface area contributed by atoms with E-state index in [1.807, 2.05) is 43.5 Å². The van der Waals surface area contributed by atoms with Crippen LogP contribution in [-0.4, -0.2) is 38.9 Å². The van der Waals surface area contributed by atoms with Gasteiger partial charge in [0.25, 0.3) is 5.56 Å². The summed E-state index contributed by atoms with van der Waals surface area (Å²) in [6.45, 7) is 4.33. The van der Waals surface area contributed by atoms with E-state index >= 15 is 0 Å². The topological polar surface area (TPSA) is 89.3 Å². The van der Waals surface area contributed by atoms with Crippen LogP contribution in [0, 0.1) is 6.92 Å². The molecule has 1 saturated heterocycles. The van der Waals surface area contributed by atoms with Crippen molar-refractivity contribution in [3.05, 3.63) is 75.8 Å². The van der Waals surface area contributed by atoms with Gasteiger partial charge in [-0.3, -0.25) is 9.78 Å². The lowest BCUT2D eigenvalue weighted by Crippen LogP contribution is -2.31. The average molecular weight is 431 g/mol. The molecule has 0 saturated carbocycles. The number of anilines is 1. The van der Waals surface area contributed by atoms with Gasteiger partial charge >= 0.3 is 6.03 Å². The third-order valence-electron chi connectivity index (χ3n) is 6.11. The second kappa shape index (κ2) is 8.55. The van der Waals surface area contributed by atoms with Crippen molar-refractivity contribution in [2.45, 2.75) is 38.9 Å². The maximum atomic E-state index is 12.7. The summed E-state index contributed by atoms with van der Waals surface area (Å²) in [7, 11) is 0. The minimum atomic E-state index is -0.142. The summed E-state index contributed by atoms with van der Waals surface area (Å²) >= 11 is 0. The van der Waals surface area contributed by atoms with Crippen LogP contribution in [0.25, 0.3) is 11.3 Å². The summed E-state index contributed by atoms with van der Waals surface area (Å²) in [4.78, 5) is 31.1. The Kier molecular flexibility index (Phi) is 5.45. The number of urea groups is 1. The summed E-state index contributed by atoms with van der Waals surface area (Å²) < 4.78 is 7.01. The Labute approximate surface area is 185 Å². The minimum absolute atomic E-state index is 0.0638. The second-order valence-electron chi connectivity index (χ2n) is 8.31. The quantitative estimate of drug-likeness (QED) is 0.686. The number of nitrogens with one attached hydrogen (secondary N) is 1. The SMILES string of the molecule is Cc1cc(=O)n(C2CCOCC2)nc1-c1ccc(NC(=O)N2Cc3ccncc3C2)cc1. The molecule has 0 unspecified atom stereocenters. The van der Waals surface area contributed by atoms with Crippen LogP contribution in [0.2, 0.25) is 0 Å². The smallest absolute Gasteiger partial charge is 0.322 e. The fourth-order valence-electron chi connectivity index (χ4n) is 4.31. The zero-order valence-corrected chi connectivity index (χ0v) is 18.0. The van der Waals surface area contributed by atoms with Gasteiger partial charge in [0.2, 0.25) is 0 Å². The van der Waals surface area contributed by atoms with E-state index in [1.165, 1.54) is 0 Å². The number of carbonyl (C=O) groups excluding carboxylic acids is 1. The molecule has 2 aromatic heterocycles. The summed E-state index contributed by atoms with van der Waals surface area (Å²) in [6.07, 6.45) is 5.14. The number of rotatable bonds is 3. The Morgan fingerprint density at radius 1 is 1.09 bits per heavy atom. The summed E-state index contributed by atoms with van der Waals surface area (Å²) in [5.74, 6) is 0. The van der Waals surface area contributed by atoms with Crippen LogP contribution in [0.5, 0.6) is 0 Å². The predicted octanol–water partition coefficient (Wildman–Crippen LogP) is 3.51. The van der Waals surface area contributed by atoms with Gasteiger partial charge in [-0.2, -0.15) is 5.10 Å². The molecule has 2 amide bonds. The van der Waals surface area contributed by atoms with Gasteiger partial charge in [-0.05, 0) is 54.7 Å². The summed E-state index contributed by atoms with van der Waals surface area (Å²) in [5, 5.41) is 7.65. The number of pyridine rings is 1. The fourth-order valence-corrected chi connectivity index (χ4v) is 4.31. The Morgan fingerprint density at radius 3 is 2.59 bits per heavy atom. The molecule has 1 aromatic carbocycles. The maximum Gasteiger partial charge on any atom is 0.322 e. The van der Waals surface area contributed by atoms with Gasteiger partial charge in [0.05, 0.1) is 11.7 Å². The lowest BCUT2D eigenvalue weighted by molar-refractivity contribution is 0.0649. The highest BCUT2D eigenvalue weighted by atomic mass is 16.5. The van der Waals surface area contributed by atoms with Gasteiger partial charge in [-0.15, -0.1) is 0 Å². The number of carbonyl (C=O) groups is 1. The van der Waals surface area contributed by atoms with Crippen molar-refractivity contribution in [2.24, 2.45) is 0 Å². The number of nitrogens with zero attached hydrogens (tertiary/aromatic N) is 4. The first-order valence-corrected chi connectivity index (χ1v) is 10.8. The molecular formula is C24H25N5O3. The van der Waals surface area contributed by atoms with Crippen molar-refractivity contribution in [3.8, 4) is 11.3 Å². The van der Waals surface area contributed by atoms with E-state index in [1.54, 1.807) is 21.8 Å². The molecule has 0 radical (unpaired) electrons. The van der Waals surface area contributed by atoms with Crippen LogP contribution >= 0.6 is 0 Å². The number of amides is 2. The lowest BCUT2D eigenvalue weighted by atomic mass is 10.1. The van der Waals surface area contributed by atoms with Gasteiger partial charge in [0.15, 0.2) is 0 Å². The fraction of sp³-hybridized carbons (Fsp3) is 0.333. The van der Waals surface area contributed by atoms with E-state index in [-0.39, 0.29) is 17.6 Å². The van der Waals surface area contributed by atoms with Gasteiger partial charge in [0, 0.05) is 56.0 Å². The number of hydrogen-bond acceptors (Lipinski definition) is 5. The molecule has 1 fully saturated rings. The number of benzene rings is 1. The van der Waals surface area contributed by atoms with Crippen LogP contribution in [0.15, 0.2) is 53.6 Å². The lowest BCUT2D eigenvalue weighted by Gasteiger charge is -2.24. The Bertz CT molecular complexity index is 1170. The largest absolute Gasteiger partial charge is 0.381 e. The first kappa shape index (κ1) is 20.4. The zero-order valence-electron chi connectivity index (χ0n) is 18.0. The molecular weight excluding hydrogens is 406 g/mol. The van der Waals surface area contributed by atoms with Crippen molar-refractivity contribution in [1.29, 1.82) is 0 Å². The van der Waals surface area contributed by atoms with Crippen molar-refractivity contribution in [2.75, 3.05) is 18.5 Å². The third-order valence-corrected chi connectivity index (χ3v) is 6.11. The van der Waals surface area contributed by atoms with Gasteiger partial charge in [-0.1, -0.05) is 12.1 Å². The van der Waals surface area contributed by atoms with Crippen LogP contribution in [0.1, 0.15) is 35.6 Å². The van der Waals surface area contributed by atoms with Crippen LogP contribution in [0.4, 0.5) is 10.5 Å². The highest BCUT2D eigenvalue weighted by molar-refractivity contribution is 5.90. The van der Waals surface area contributed by atoms with Crippen molar-refractivity contribution >= 4 is 11.7 Å².